The minimum absolute atomic E-state index is 0.431. The lowest BCUT2D eigenvalue weighted by Crippen LogP contribution is -2.44. The van der Waals surface area contributed by atoms with Crippen molar-refractivity contribution in [3.63, 3.8) is 0 Å². The van der Waals surface area contributed by atoms with Crippen molar-refractivity contribution in [2.75, 3.05) is 6.54 Å². The quantitative estimate of drug-likeness (QED) is 0.754. The van der Waals surface area contributed by atoms with Crippen LogP contribution in [0.25, 0.3) is 0 Å². The molecule has 0 aromatic heterocycles. The van der Waals surface area contributed by atoms with Gasteiger partial charge in [-0.3, -0.25) is 4.90 Å². The molecule has 1 rings (SSSR count). The van der Waals surface area contributed by atoms with Crippen LogP contribution in [0.15, 0.2) is 0 Å². The molecule has 0 bridgehead atoms. The zero-order valence-corrected chi connectivity index (χ0v) is 11.4. The third-order valence-corrected chi connectivity index (χ3v) is 4.03. The first-order chi connectivity index (χ1) is 7.65. The molecule has 0 amide bonds. The molecule has 1 saturated heterocycles. The number of nitrogens with zero attached hydrogens (tertiary/aromatic N) is 1. The number of hydrogen-bond acceptors (Lipinski definition) is 2. The molecule has 0 radical (unpaired) electrons. The predicted molar refractivity (Wildman–Crippen MR) is 71.6 cm³/mol. The van der Waals surface area contributed by atoms with E-state index in [1.807, 2.05) is 0 Å². The topological polar surface area (TPSA) is 29.3 Å². The van der Waals surface area contributed by atoms with E-state index in [-0.39, 0.29) is 0 Å². The van der Waals surface area contributed by atoms with Gasteiger partial charge in [0.05, 0.1) is 0 Å². The van der Waals surface area contributed by atoms with Crippen LogP contribution in [0.4, 0.5) is 0 Å². The van der Waals surface area contributed by atoms with Crippen molar-refractivity contribution < 1.29 is 0 Å². The third-order valence-electron chi connectivity index (χ3n) is 4.03. The molecule has 0 spiro atoms. The Bertz CT molecular complexity index is 172. The lowest BCUT2D eigenvalue weighted by atomic mass is 9.96. The van der Waals surface area contributed by atoms with Gasteiger partial charge in [0.25, 0.3) is 0 Å². The van der Waals surface area contributed by atoms with Crippen molar-refractivity contribution in [3.05, 3.63) is 0 Å². The molecule has 0 unspecified atom stereocenters. The molecule has 0 aromatic rings. The van der Waals surface area contributed by atoms with Gasteiger partial charge in [-0.05, 0) is 52.5 Å². The largest absolute Gasteiger partial charge is 0.328 e. The monoisotopic (exact) mass is 226 g/mol. The van der Waals surface area contributed by atoms with Gasteiger partial charge in [0, 0.05) is 18.1 Å². The Morgan fingerprint density at radius 2 is 1.81 bits per heavy atom. The molecule has 1 aliphatic rings. The van der Waals surface area contributed by atoms with Crippen molar-refractivity contribution >= 4 is 0 Å². The first-order valence-electron chi connectivity index (χ1n) is 7.16. The van der Waals surface area contributed by atoms with E-state index in [1.165, 1.54) is 51.5 Å². The maximum absolute atomic E-state index is 6.05. The number of nitrogens with two attached hydrogens (primary N) is 1. The fourth-order valence-electron chi connectivity index (χ4n) is 2.97. The average Bonchev–Trinajstić information content (AvgIpc) is 2.23. The molecule has 0 aromatic carbocycles. The highest BCUT2D eigenvalue weighted by atomic mass is 15.2. The van der Waals surface area contributed by atoms with Crippen molar-refractivity contribution in [2.45, 2.75) is 83.8 Å². The average molecular weight is 226 g/mol. The Morgan fingerprint density at radius 3 is 2.38 bits per heavy atom. The summed E-state index contributed by atoms with van der Waals surface area (Å²) in [4.78, 5) is 2.68. The summed E-state index contributed by atoms with van der Waals surface area (Å²) in [6.45, 7) is 8.22. The molecule has 2 nitrogen and oxygen atoms in total. The highest BCUT2D eigenvalue weighted by Gasteiger charge is 2.23. The molecule has 96 valence electrons. The fourth-order valence-corrected chi connectivity index (χ4v) is 2.97. The van der Waals surface area contributed by atoms with E-state index in [1.54, 1.807) is 0 Å². The van der Waals surface area contributed by atoms with Gasteiger partial charge in [-0.1, -0.05) is 19.8 Å². The summed E-state index contributed by atoms with van der Waals surface area (Å²) in [5, 5.41) is 0. The van der Waals surface area contributed by atoms with Crippen LogP contribution in [0, 0.1) is 0 Å². The number of hydrogen-bond donors (Lipinski definition) is 1. The van der Waals surface area contributed by atoms with E-state index >= 15 is 0 Å². The first-order valence-corrected chi connectivity index (χ1v) is 7.16. The van der Waals surface area contributed by atoms with Crippen LogP contribution in [0.5, 0.6) is 0 Å². The summed E-state index contributed by atoms with van der Waals surface area (Å²) < 4.78 is 0. The van der Waals surface area contributed by atoms with Crippen molar-refractivity contribution in [1.82, 2.24) is 4.90 Å². The normalized spacial score (nSPS) is 29.2. The van der Waals surface area contributed by atoms with Crippen molar-refractivity contribution in [3.8, 4) is 0 Å². The standard InChI is InChI=1S/C14H30N2/c1-4-7-14(15)10-6-11-16-12(2)8-5-9-13(16)3/h12-14H,4-11,15H2,1-3H3/t12-,13+,14-/m0/s1. The van der Waals surface area contributed by atoms with Gasteiger partial charge < -0.3 is 5.73 Å². The first kappa shape index (κ1) is 14.0. The van der Waals surface area contributed by atoms with Gasteiger partial charge in [0.2, 0.25) is 0 Å². The summed E-state index contributed by atoms with van der Waals surface area (Å²) in [5.41, 5.74) is 6.05. The van der Waals surface area contributed by atoms with E-state index in [9.17, 15) is 0 Å². The molecule has 2 heteroatoms. The van der Waals surface area contributed by atoms with E-state index in [2.05, 4.69) is 25.7 Å². The Balaban J connectivity index is 2.19. The molecule has 1 fully saturated rings. The Kier molecular flexibility index (Phi) is 6.37. The Hall–Kier alpha value is -0.0800. The highest BCUT2D eigenvalue weighted by Crippen LogP contribution is 2.22. The lowest BCUT2D eigenvalue weighted by Gasteiger charge is -2.39. The second-order valence-electron chi connectivity index (χ2n) is 5.56. The van der Waals surface area contributed by atoms with Crippen LogP contribution in [-0.2, 0) is 0 Å². The maximum Gasteiger partial charge on any atom is 0.00697 e. The molecule has 3 atom stereocenters. The summed E-state index contributed by atoms with van der Waals surface area (Å²) >= 11 is 0. The summed E-state index contributed by atoms with van der Waals surface area (Å²) in [6.07, 6.45) is 9.05. The molecule has 16 heavy (non-hydrogen) atoms. The van der Waals surface area contributed by atoms with E-state index in [0.29, 0.717) is 6.04 Å². The third kappa shape index (κ3) is 4.42. The smallest absolute Gasteiger partial charge is 0.00697 e. The molecule has 1 aliphatic heterocycles. The second kappa shape index (κ2) is 7.29. The van der Waals surface area contributed by atoms with Crippen molar-refractivity contribution in [1.29, 1.82) is 0 Å². The van der Waals surface area contributed by atoms with Crippen LogP contribution in [0.1, 0.15) is 65.7 Å². The molecule has 0 saturated carbocycles. The van der Waals surface area contributed by atoms with Gasteiger partial charge >= 0.3 is 0 Å². The SMILES string of the molecule is CCC[C@H](N)CCCN1[C@H](C)CCC[C@@H]1C. The van der Waals surface area contributed by atoms with Crippen LogP contribution in [0.3, 0.4) is 0 Å². The zero-order chi connectivity index (χ0) is 12.0. The number of piperidine rings is 1. The van der Waals surface area contributed by atoms with Gasteiger partial charge in [-0.15, -0.1) is 0 Å². The molecule has 1 heterocycles. The van der Waals surface area contributed by atoms with Gasteiger partial charge in [0.1, 0.15) is 0 Å². The maximum atomic E-state index is 6.05. The minimum Gasteiger partial charge on any atom is -0.328 e. The van der Waals surface area contributed by atoms with E-state index in [0.717, 1.165) is 12.1 Å². The van der Waals surface area contributed by atoms with Gasteiger partial charge in [0.15, 0.2) is 0 Å². The van der Waals surface area contributed by atoms with Gasteiger partial charge in [-0.25, -0.2) is 0 Å². The minimum atomic E-state index is 0.431. The fraction of sp³-hybridized carbons (Fsp3) is 1.00. The molecular weight excluding hydrogens is 196 g/mol. The summed E-state index contributed by atoms with van der Waals surface area (Å²) in [6, 6.07) is 2.00. The van der Waals surface area contributed by atoms with Gasteiger partial charge in [-0.2, -0.15) is 0 Å². The van der Waals surface area contributed by atoms with Crippen LogP contribution < -0.4 is 5.73 Å². The molecule has 2 N–H and O–H groups in total. The number of likely N-dealkylation sites (tertiary alicyclic amines) is 1. The Morgan fingerprint density at radius 1 is 1.19 bits per heavy atom. The second-order valence-corrected chi connectivity index (χ2v) is 5.56. The van der Waals surface area contributed by atoms with E-state index < -0.39 is 0 Å². The lowest BCUT2D eigenvalue weighted by molar-refractivity contribution is 0.101. The van der Waals surface area contributed by atoms with Crippen LogP contribution in [-0.4, -0.2) is 29.6 Å². The molecule has 0 aliphatic carbocycles. The zero-order valence-electron chi connectivity index (χ0n) is 11.4. The van der Waals surface area contributed by atoms with Crippen LogP contribution in [0.2, 0.25) is 0 Å². The van der Waals surface area contributed by atoms with E-state index in [4.69, 9.17) is 5.73 Å². The molecular formula is C14H30N2. The van der Waals surface area contributed by atoms with Crippen molar-refractivity contribution in [2.24, 2.45) is 5.73 Å². The summed E-state index contributed by atoms with van der Waals surface area (Å²) in [7, 11) is 0. The summed E-state index contributed by atoms with van der Waals surface area (Å²) in [5.74, 6) is 0. The predicted octanol–water partition coefficient (Wildman–Crippen LogP) is 3.16. The van der Waals surface area contributed by atoms with Crippen LogP contribution >= 0.6 is 0 Å². The number of rotatable bonds is 6. The Labute approximate surface area is 102 Å². The highest BCUT2D eigenvalue weighted by molar-refractivity contribution is 4.79.